The number of benzene rings is 1. The first-order valence-electron chi connectivity index (χ1n) is 10.4. The average Bonchev–Trinajstić information content (AvgIpc) is 3.44. The molecule has 4 rings (SSSR count). The maximum Gasteiger partial charge on any atom is 0.251 e. The Hall–Kier alpha value is -2.17. The number of aromatic nitrogens is 2. The van der Waals surface area contributed by atoms with Gasteiger partial charge in [-0.2, -0.15) is 4.98 Å². The maximum absolute atomic E-state index is 12.8. The molecule has 2 aromatic rings. The molecule has 1 atom stereocenters. The van der Waals surface area contributed by atoms with E-state index in [0.717, 1.165) is 18.7 Å². The number of nitrogens with zero attached hydrogens (tertiary/aromatic N) is 2. The second kappa shape index (κ2) is 7.83. The average molecular weight is 367 g/mol. The molecule has 0 radical (unpaired) electrons. The lowest BCUT2D eigenvalue weighted by molar-refractivity contribution is 0.0914. The maximum atomic E-state index is 12.8. The smallest absolute Gasteiger partial charge is 0.251 e. The second-order valence-electron chi connectivity index (χ2n) is 8.42. The fourth-order valence-electron chi connectivity index (χ4n) is 3.96. The van der Waals surface area contributed by atoms with Crippen LogP contribution >= 0.6 is 0 Å². The van der Waals surface area contributed by atoms with Crippen LogP contribution in [0.15, 0.2) is 28.8 Å². The zero-order valence-corrected chi connectivity index (χ0v) is 16.3. The summed E-state index contributed by atoms with van der Waals surface area (Å²) in [6, 6.07) is 7.86. The van der Waals surface area contributed by atoms with Gasteiger partial charge in [0.15, 0.2) is 5.82 Å². The van der Waals surface area contributed by atoms with Gasteiger partial charge in [-0.3, -0.25) is 4.79 Å². The van der Waals surface area contributed by atoms with Crippen LogP contribution in [0.3, 0.4) is 0 Å². The van der Waals surface area contributed by atoms with Gasteiger partial charge in [0.25, 0.3) is 5.91 Å². The van der Waals surface area contributed by atoms with E-state index in [1.165, 1.54) is 37.7 Å². The Kier molecular flexibility index (Phi) is 5.28. The number of hydrogen-bond donors (Lipinski definition) is 1. The summed E-state index contributed by atoms with van der Waals surface area (Å²) in [5, 5.41) is 7.17. The van der Waals surface area contributed by atoms with Crippen LogP contribution in [-0.4, -0.2) is 16.0 Å². The van der Waals surface area contributed by atoms with Crippen molar-refractivity contribution in [1.29, 1.82) is 0 Å². The van der Waals surface area contributed by atoms with Gasteiger partial charge in [0.1, 0.15) is 6.04 Å². The molecule has 1 amide bonds. The molecule has 5 heteroatoms. The van der Waals surface area contributed by atoms with Crippen molar-refractivity contribution in [2.45, 2.75) is 76.7 Å². The van der Waals surface area contributed by atoms with Gasteiger partial charge < -0.3 is 9.84 Å². The number of rotatable bonds is 6. The standard InChI is InChI=1S/C22H29N3O2/c1-14(2)19(22-24-20(25-27-22)17-10-11-17)23-21(26)18-12-8-16(9-13-18)15-6-4-3-5-7-15/h8-9,12-15,17,19H,3-7,10-11H2,1-2H3,(H,23,26). The third kappa shape index (κ3) is 4.23. The van der Waals surface area contributed by atoms with Crippen molar-refractivity contribution < 1.29 is 9.32 Å². The fourth-order valence-corrected chi connectivity index (χ4v) is 3.96. The second-order valence-corrected chi connectivity index (χ2v) is 8.42. The highest BCUT2D eigenvalue weighted by Crippen LogP contribution is 2.38. The molecule has 1 aromatic carbocycles. The molecule has 1 N–H and O–H groups in total. The van der Waals surface area contributed by atoms with Gasteiger partial charge in [0, 0.05) is 11.5 Å². The molecule has 1 unspecified atom stereocenters. The number of amides is 1. The van der Waals surface area contributed by atoms with Gasteiger partial charge in [-0.1, -0.05) is 50.4 Å². The Bertz CT molecular complexity index is 771. The first-order valence-corrected chi connectivity index (χ1v) is 10.4. The number of carbonyl (C=O) groups excluding carboxylic acids is 1. The molecule has 2 fully saturated rings. The Morgan fingerprint density at radius 1 is 1.04 bits per heavy atom. The molecule has 0 saturated heterocycles. The quantitative estimate of drug-likeness (QED) is 0.769. The highest BCUT2D eigenvalue weighted by molar-refractivity contribution is 5.94. The number of hydrogen-bond acceptors (Lipinski definition) is 4. The van der Waals surface area contributed by atoms with Crippen molar-refractivity contribution in [3.05, 3.63) is 47.1 Å². The van der Waals surface area contributed by atoms with Crippen molar-refractivity contribution >= 4 is 5.91 Å². The molecule has 27 heavy (non-hydrogen) atoms. The van der Waals surface area contributed by atoms with Crippen LogP contribution in [-0.2, 0) is 0 Å². The first-order chi connectivity index (χ1) is 13.1. The number of nitrogens with one attached hydrogen (secondary N) is 1. The zero-order chi connectivity index (χ0) is 18.8. The Labute approximate surface area is 160 Å². The molecule has 2 aliphatic rings. The minimum absolute atomic E-state index is 0.0879. The molecule has 0 aliphatic heterocycles. The molecule has 1 aromatic heterocycles. The predicted octanol–water partition coefficient (Wildman–Crippen LogP) is 5.12. The van der Waals surface area contributed by atoms with Gasteiger partial charge in [-0.05, 0) is 55.2 Å². The van der Waals surface area contributed by atoms with E-state index >= 15 is 0 Å². The van der Waals surface area contributed by atoms with E-state index < -0.39 is 0 Å². The summed E-state index contributed by atoms with van der Waals surface area (Å²) in [4.78, 5) is 17.3. The molecule has 1 heterocycles. The third-order valence-electron chi connectivity index (χ3n) is 5.87. The van der Waals surface area contributed by atoms with Crippen LogP contribution in [0, 0.1) is 5.92 Å². The van der Waals surface area contributed by atoms with E-state index in [1.807, 2.05) is 12.1 Å². The summed E-state index contributed by atoms with van der Waals surface area (Å²) in [6.07, 6.45) is 8.77. The van der Waals surface area contributed by atoms with E-state index in [-0.39, 0.29) is 17.9 Å². The SMILES string of the molecule is CC(C)C(NC(=O)c1ccc(C2CCCCC2)cc1)c1nc(C2CC2)no1. The summed E-state index contributed by atoms with van der Waals surface area (Å²) in [5.41, 5.74) is 2.04. The Morgan fingerprint density at radius 2 is 1.74 bits per heavy atom. The first kappa shape index (κ1) is 18.2. The third-order valence-corrected chi connectivity index (χ3v) is 5.87. The highest BCUT2D eigenvalue weighted by Gasteiger charge is 2.31. The minimum atomic E-state index is -0.268. The van der Waals surface area contributed by atoms with Gasteiger partial charge in [-0.25, -0.2) is 0 Å². The monoisotopic (exact) mass is 367 g/mol. The van der Waals surface area contributed by atoms with Gasteiger partial charge in [0.2, 0.25) is 5.89 Å². The summed E-state index contributed by atoms with van der Waals surface area (Å²) < 4.78 is 5.45. The van der Waals surface area contributed by atoms with Crippen molar-refractivity contribution in [2.24, 2.45) is 5.92 Å². The van der Waals surface area contributed by atoms with Crippen molar-refractivity contribution in [2.75, 3.05) is 0 Å². The fraction of sp³-hybridized carbons (Fsp3) is 0.591. The number of carbonyl (C=O) groups is 1. The van der Waals surface area contributed by atoms with Crippen LogP contribution in [0.5, 0.6) is 0 Å². The Balaban J connectivity index is 1.44. The van der Waals surface area contributed by atoms with Gasteiger partial charge >= 0.3 is 0 Å². The lowest BCUT2D eigenvalue weighted by atomic mass is 9.84. The van der Waals surface area contributed by atoms with Crippen molar-refractivity contribution in [3.8, 4) is 0 Å². The van der Waals surface area contributed by atoms with Gasteiger partial charge in [0.05, 0.1) is 0 Å². The van der Waals surface area contributed by atoms with Crippen molar-refractivity contribution in [1.82, 2.24) is 15.5 Å². The van der Waals surface area contributed by atoms with Gasteiger partial charge in [-0.15, -0.1) is 0 Å². The van der Waals surface area contributed by atoms with E-state index in [4.69, 9.17) is 4.52 Å². The molecule has 0 bridgehead atoms. The Morgan fingerprint density at radius 3 is 2.37 bits per heavy atom. The minimum Gasteiger partial charge on any atom is -0.340 e. The molecule has 5 nitrogen and oxygen atoms in total. The van der Waals surface area contributed by atoms with Crippen LogP contribution in [0.2, 0.25) is 0 Å². The van der Waals surface area contributed by atoms with Crippen LogP contribution in [0.1, 0.15) is 104 Å². The predicted molar refractivity (Wildman–Crippen MR) is 104 cm³/mol. The van der Waals surface area contributed by atoms with Crippen LogP contribution in [0.4, 0.5) is 0 Å². The van der Waals surface area contributed by atoms with E-state index in [2.05, 4.69) is 41.4 Å². The van der Waals surface area contributed by atoms with E-state index in [0.29, 0.717) is 23.3 Å². The van der Waals surface area contributed by atoms with Crippen molar-refractivity contribution in [3.63, 3.8) is 0 Å². The summed E-state index contributed by atoms with van der Waals surface area (Å²) in [6.45, 7) is 4.11. The molecule has 2 saturated carbocycles. The molecule has 2 aliphatic carbocycles. The molecule has 0 spiro atoms. The summed E-state index contributed by atoms with van der Waals surface area (Å²) in [5.74, 6) is 2.47. The lowest BCUT2D eigenvalue weighted by Crippen LogP contribution is -2.32. The zero-order valence-electron chi connectivity index (χ0n) is 16.3. The molecular formula is C22H29N3O2. The topological polar surface area (TPSA) is 68.0 Å². The summed E-state index contributed by atoms with van der Waals surface area (Å²) >= 11 is 0. The highest BCUT2D eigenvalue weighted by atomic mass is 16.5. The lowest BCUT2D eigenvalue weighted by Gasteiger charge is -2.22. The normalized spacial score (nSPS) is 19.2. The summed E-state index contributed by atoms with van der Waals surface area (Å²) in [7, 11) is 0. The molecular weight excluding hydrogens is 338 g/mol. The van der Waals surface area contributed by atoms with E-state index in [9.17, 15) is 4.79 Å². The van der Waals surface area contributed by atoms with Crippen LogP contribution < -0.4 is 5.32 Å². The largest absolute Gasteiger partial charge is 0.340 e. The molecule has 144 valence electrons. The van der Waals surface area contributed by atoms with Crippen LogP contribution in [0.25, 0.3) is 0 Å². The van der Waals surface area contributed by atoms with E-state index in [1.54, 1.807) is 0 Å².